The monoisotopic (exact) mass is 602 g/mol. The van der Waals surface area contributed by atoms with E-state index in [1.165, 1.54) is 14.7 Å². The van der Waals surface area contributed by atoms with Crippen molar-refractivity contribution in [3.8, 4) is 17.2 Å². The van der Waals surface area contributed by atoms with E-state index in [2.05, 4.69) is 64.1 Å². The summed E-state index contributed by atoms with van der Waals surface area (Å²) in [5.41, 5.74) is -1.08. The molecule has 3 aromatic carbocycles. The van der Waals surface area contributed by atoms with Crippen molar-refractivity contribution in [2.24, 2.45) is 0 Å². The first kappa shape index (κ1) is 33.3. The lowest BCUT2D eigenvalue weighted by Crippen LogP contribution is -2.21. The number of ether oxygens (including phenoxy) is 4. The molecule has 0 atom stereocenters. The van der Waals surface area contributed by atoms with E-state index >= 15 is 0 Å². The van der Waals surface area contributed by atoms with Crippen molar-refractivity contribution < 1.29 is 45.1 Å². The fraction of sp³-hybridized carbons (Fsp3) is 0.357. The summed E-state index contributed by atoms with van der Waals surface area (Å²) in [6, 6.07) is 17.4. The number of methoxy groups -OCH3 is 3. The average molecular weight is 603 g/mol. The van der Waals surface area contributed by atoms with Crippen LogP contribution in [0.5, 0.6) is 17.2 Å². The summed E-state index contributed by atoms with van der Waals surface area (Å²) < 4.78 is 81.0. The summed E-state index contributed by atoms with van der Waals surface area (Å²) in [5.74, 6) is 2.74. The van der Waals surface area contributed by atoms with E-state index in [4.69, 9.17) is 31.9 Å². The van der Waals surface area contributed by atoms with Gasteiger partial charge in [-0.25, -0.2) is 8.42 Å². The molecule has 0 heterocycles. The van der Waals surface area contributed by atoms with Gasteiger partial charge >= 0.3 is 5.51 Å². The molecule has 7 nitrogen and oxygen atoms in total. The molecule has 40 heavy (non-hydrogen) atoms. The van der Waals surface area contributed by atoms with Gasteiger partial charge < -0.3 is 23.5 Å². The van der Waals surface area contributed by atoms with Gasteiger partial charge in [-0.1, -0.05) is 0 Å². The van der Waals surface area contributed by atoms with Crippen molar-refractivity contribution in [2.45, 2.75) is 47.9 Å². The molecule has 0 amide bonds. The van der Waals surface area contributed by atoms with Gasteiger partial charge in [0.2, 0.25) is 0 Å². The second kappa shape index (κ2) is 14.1. The highest BCUT2D eigenvalue weighted by Gasteiger charge is 2.37. The minimum absolute atomic E-state index is 0.283. The van der Waals surface area contributed by atoms with Gasteiger partial charge in [-0.2, -0.15) is 13.2 Å². The number of rotatable bonds is 9. The van der Waals surface area contributed by atoms with Crippen LogP contribution in [-0.2, 0) is 25.7 Å². The predicted molar refractivity (Wildman–Crippen MR) is 147 cm³/mol. The highest BCUT2D eigenvalue weighted by molar-refractivity contribution is 7.97. The zero-order valence-electron chi connectivity index (χ0n) is 23.3. The molecule has 0 bridgehead atoms. The van der Waals surface area contributed by atoms with Gasteiger partial charge in [0.05, 0.1) is 31.7 Å². The van der Waals surface area contributed by atoms with Crippen LogP contribution in [0.4, 0.5) is 13.2 Å². The van der Waals surface area contributed by atoms with Gasteiger partial charge in [0.1, 0.15) is 23.9 Å². The van der Waals surface area contributed by atoms with Crippen LogP contribution in [0.2, 0.25) is 0 Å². The molecule has 0 spiro atoms. The van der Waals surface area contributed by atoms with E-state index in [1.807, 2.05) is 12.1 Å². The SMILES string of the molecule is COCCOc1ccc([S+](c2cc(C)c(OC)c(C)c2)c2cc(C)c(OC)c(C)c2)cc1.O=S(=O)([O-])C(F)(F)F. The van der Waals surface area contributed by atoms with E-state index in [1.54, 1.807) is 21.3 Å². The molecular weight excluding hydrogens is 569 g/mol. The van der Waals surface area contributed by atoms with E-state index in [0.29, 0.717) is 13.2 Å². The number of hydrogen-bond donors (Lipinski definition) is 0. The number of hydrogen-bond acceptors (Lipinski definition) is 7. The van der Waals surface area contributed by atoms with Crippen LogP contribution in [-0.4, -0.2) is 53.0 Å². The minimum Gasteiger partial charge on any atom is -0.741 e. The molecule has 0 aliphatic carbocycles. The Morgan fingerprint density at radius 1 is 0.725 bits per heavy atom. The van der Waals surface area contributed by atoms with Crippen LogP contribution >= 0.6 is 0 Å². The number of alkyl halides is 3. The lowest BCUT2D eigenvalue weighted by molar-refractivity contribution is -0.0517. The Bertz CT molecular complexity index is 1280. The summed E-state index contributed by atoms with van der Waals surface area (Å²) in [4.78, 5) is 3.76. The van der Waals surface area contributed by atoms with Crippen molar-refractivity contribution in [1.29, 1.82) is 0 Å². The highest BCUT2D eigenvalue weighted by atomic mass is 32.2. The number of benzene rings is 3. The van der Waals surface area contributed by atoms with Crippen LogP contribution < -0.4 is 14.2 Å². The van der Waals surface area contributed by atoms with Gasteiger partial charge in [-0.05, 0) is 74.2 Å². The van der Waals surface area contributed by atoms with E-state index in [0.717, 1.165) is 39.5 Å². The number of halogens is 3. The summed E-state index contributed by atoms with van der Waals surface area (Å²) in [5, 5.41) is 0. The first-order chi connectivity index (χ1) is 18.6. The first-order valence-corrected chi connectivity index (χ1v) is 14.6. The molecule has 0 radical (unpaired) electrons. The van der Waals surface area contributed by atoms with Crippen molar-refractivity contribution in [3.63, 3.8) is 0 Å². The van der Waals surface area contributed by atoms with Crippen LogP contribution in [0.15, 0.2) is 63.2 Å². The Morgan fingerprint density at radius 3 is 1.40 bits per heavy atom. The molecule has 0 saturated heterocycles. The molecule has 0 aliphatic heterocycles. The quantitative estimate of drug-likeness (QED) is 0.126. The van der Waals surface area contributed by atoms with Crippen molar-refractivity contribution in [2.75, 3.05) is 34.5 Å². The van der Waals surface area contributed by atoms with Crippen molar-refractivity contribution in [1.82, 2.24) is 0 Å². The Morgan fingerprint density at radius 2 is 1.10 bits per heavy atom. The third-order valence-corrected chi connectivity index (χ3v) is 8.37. The molecule has 0 aliphatic rings. The van der Waals surface area contributed by atoms with Crippen LogP contribution in [0.3, 0.4) is 0 Å². The summed E-state index contributed by atoms with van der Waals surface area (Å²) in [7, 11) is -1.24. The van der Waals surface area contributed by atoms with Gasteiger partial charge in [-0.15, -0.1) is 0 Å². The summed E-state index contributed by atoms with van der Waals surface area (Å²) in [6.45, 7) is 9.53. The Balaban J connectivity index is 0.000000611. The van der Waals surface area contributed by atoms with E-state index in [9.17, 15) is 13.2 Å². The molecule has 0 N–H and O–H groups in total. The molecule has 3 aromatic rings. The average Bonchev–Trinajstić information content (AvgIpc) is 2.84. The summed E-state index contributed by atoms with van der Waals surface area (Å²) >= 11 is 0. The normalized spacial score (nSPS) is 11.6. The molecule has 0 unspecified atom stereocenters. The maximum atomic E-state index is 10.7. The topological polar surface area (TPSA) is 94.1 Å². The van der Waals surface area contributed by atoms with Crippen LogP contribution in [0.1, 0.15) is 22.3 Å². The number of aryl methyl sites for hydroxylation is 4. The predicted octanol–water partition coefficient (Wildman–Crippen LogP) is 6.11. The van der Waals surface area contributed by atoms with Gasteiger partial charge in [-0.3, -0.25) is 0 Å². The zero-order valence-corrected chi connectivity index (χ0v) is 25.0. The Kier molecular flexibility index (Phi) is 11.7. The third-order valence-electron chi connectivity index (χ3n) is 5.65. The van der Waals surface area contributed by atoms with Crippen LogP contribution in [0, 0.1) is 27.7 Å². The smallest absolute Gasteiger partial charge is 0.485 e. The molecule has 0 aromatic heterocycles. The minimum atomic E-state index is -6.09. The molecule has 0 saturated carbocycles. The Hall–Kier alpha value is -2.93. The van der Waals surface area contributed by atoms with Crippen molar-refractivity contribution >= 4 is 21.0 Å². The summed E-state index contributed by atoms with van der Waals surface area (Å²) in [6.07, 6.45) is 0. The molecule has 0 fully saturated rings. The van der Waals surface area contributed by atoms with E-state index < -0.39 is 15.6 Å². The highest BCUT2D eigenvalue weighted by Crippen LogP contribution is 2.38. The molecule has 220 valence electrons. The zero-order chi connectivity index (χ0) is 30.3. The third kappa shape index (κ3) is 8.53. The largest absolute Gasteiger partial charge is 0.741 e. The van der Waals surface area contributed by atoms with Crippen molar-refractivity contribution in [3.05, 3.63) is 70.8 Å². The van der Waals surface area contributed by atoms with E-state index in [-0.39, 0.29) is 10.9 Å². The second-order valence-corrected chi connectivity index (χ2v) is 12.1. The molecule has 3 rings (SSSR count). The fourth-order valence-electron chi connectivity index (χ4n) is 4.02. The first-order valence-electron chi connectivity index (χ1n) is 11.9. The second-order valence-electron chi connectivity index (χ2n) is 8.70. The Labute approximate surface area is 236 Å². The molecular formula is C28H33F3O7S2. The standard InChI is InChI=1S/C27H33O4S.CHF3O3S/c1-18-14-24(15-19(2)26(18)29-6)32(25-16-20(3)27(30-7)21(4)17-25)23-10-8-22(9-11-23)31-13-12-28-5;2-1(3,4)8(5,6)7/h8-11,14-17H,12-13H2,1-7H3;(H,5,6,7)/q+1;/p-1. The van der Waals surface area contributed by atoms with Gasteiger partial charge in [0, 0.05) is 31.4 Å². The molecule has 12 heteroatoms. The fourth-order valence-corrected chi connectivity index (χ4v) is 6.43. The van der Waals surface area contributed by atoms with Gasteiger partial charge in [0.15, 0.2) is 24.8 Å². The van der Waals surface area contributed by atoms with Gasteiger partial charge in [0.25, 0.3) is 0 Å². The maximum absolute atomic E-state index is 10.7. The lowest BCUT2D eigenvalue weighted by atomic mass is 10.1. The maximum Gasteiger partial charge on any atom is 0.485 e. The van der Waals surface area contributed by atoms with Crippen LogP contribution in [0.25, 0.3) is 0 Å². The lowest BCUT2D eigenvalue weighted by Gasteiger charge is -2.15.